The summed E-state index contributed by atoms with van der Waals surface area (Å²) in [5.41, 5.74) is 0.243. The van der Waals surface area contributed by atoms with Crippen molar-refractivity contribution in [1.82, 2.24) is 4.90 Å². The molecule has 1 saturated heterocycles. The summed E-state index contributed by atoms with van der Waals surface area (Å²) < 4.78 is 4.67. The lowest BCUT2D eigenvalue weighted by Crippen LogP contribution is -2.30. The molecule has 19 heavy (non-hydrogen) atoms. The fraction of sp³-hybridized carbons (Fsp3) is 0.385. The van der Waals surface area contributed by atoms with Crippen LogP contribution >= 0.6 is 11.6 Å². The highest BCUT2D eigenvalue weighted by atomic mass is 35.5. The standard InChI is InChI=1S/C13H14ClNO4/c1-19-13(18)8-4-5-15(7-8)12(17)10-6-9(16)2-3-11(10)14/h2-3,6,8,16H,4-5,7H2,1H3. The highest BCUT2D eigenvalue weighted by molar-refractivity contribution is 6.33. The van der Waals surface area contributed by atoms with Crippen LogP contribution in [0.15, 0.2) is 18.2 Å². The summed E-state index contributed by atoms with van der Waals surface area (Å²) in [6.07, 6.45) is 0.578. The van der Waals surface area contributed by atoms with Crippen molar-refractivity contribution in [1.29, 1.82) is 0 Å². The van der Waals surface area contributed by atoms with Crippen LogP contribution in [0.4, 0.5) is 0 Å². The molecule has 1 aliphatic rings. The molecule has 0 spiro atoms. The van der Waals surface area contributed by atoms with Crippen molar-refractivity contribution in [2.24, 2.45) is 5.92 Å². The van der Waals surface area contributed by atoms with E-state index in [2.05, 4.69) is 4.74 Å². The fourth-order valence-corrected chi connectivity index (χ4v) is 2.35. The molecule has 1 unspecified atom stereocenters. The molecule has 2 rings (SSSR count). The Bertz CT molecular complexity index is 517. The molecular formula is C13H14ClNO4. The number of halogens is 1. The first-order valence-corrected chi connectivity index (χ1v) is 6.26. The zero-order valence-electron chi connectivity index (χ0n) is 10.4. The van der Waals surface area contributed by atoms with Gasteiger partial charge in [-0.2, -0.15) is 0 Å². The summed E-state index contributed by atoms with van der Waals surface area (Å²) in [5, 5.41) is 9.69. The van der Waals surface area contributed by atoms with Crippen LogP contribution < -0.4 is 0 Å². The Hall–Kier alpha value is -1.75. The Balaban J connectivity index is 2.13. The normalized spacial score (nSPS) is 18.4. The van der Waals surface area contributed by atoms with Crippen molar-refractivity contribution in [3.63, 3.8) is 0 Å². The number of aromatic hydroxyl groups is 1. The van der Waals surface area contributed by atoms with Crippen LogP contribution in [0.2, 0.25) is 5.02 Å². The lowest BCUT2D eigenvalue weighted by atomic mass is 10.1. The monoisotopic (exact) mass is 283 g/mol. The van der Waals surface area contributed by atoms with E-state index in [1.807, 2.05) is 0 Å². The minimum absolute atomic E-state index is 0.0172. The zero-order chi connectivity index (χ0) is 14.0. The summed E-state index contributed by atoms with van der Waals surface area (Å²) in [7, 11) is 1.33. The van der Waals surface area contributed by atoms with Gasteiger partial charge >= 0.3 is 5.97 Å². The molecule has 1 aromatic rings. The Morgan fingerprint density at radius 1 is 1.47 bits per heavy atom. The molecule has 1 heterocycles. The van der Waals surface area contributed by atoms with Gasteiger partial charge in [0, 0.05) is 13.1 Å². The summed E-state index contributed by atoms with van der Waals surface area (Å²) in [6, 6.07) is 4.22. The molecule has 1 aromatic carbocycles. The molecule has 1 atom stereocenters. The SMILES string of the molecule is COC(=O)C1CCN(C(=O)c2cc(O)ccc2Cl)C1. The summed E-state index contributed by atoms with van der Waals surface area (Å²) in [4.78, 5) is 25.2. The lowest BCUT2D eigenvalue weighted by Gasteiger charge is -2.17. The molecule has 1 N–H and O–H groups in total. The van der Waals surface area contributed by atoms with Gasteiger partial charge in [-0.3, -0.25) is 9.59 Å². The first kappa shape index (κ1) is 13.7. The first-order chi connectivity index (χ1) is 9.02. The molecule has 0 radical (unpaired) electrons. The molecule has 102 valence electrons. The number of ether oxygens (including phenoxy) is 1. The third kappa shape index (κ3) is 2.81. The third-order valence-electron chi connectivity index (χ3n) is 3.19. The van der Waals surface area contributed by atoms with Gasteiger partial charge in [-0.15, -0.1) is 0 Å². The Morgan fingerprint density at radius 2 is 2.21 bits per heavy atom. The molecule has 0 aromatic heterocycles. The maximum Gasteiger partial charge on any atom is 0.310 e. The average molecular weight is 284 g/mol. The third-order valence-corrected chi connectivity index (χ3v) is 3.52. The molecule has 1 fully saturated rings. The van der Waals surface area contributed by atoms with E-state index in [0.29, 0.717) is 19.5 Å². The maximum atomic E-state index is 12.3. The van der Waals surface area contributed by atoms with E-state index in [0.717, 1.165) is 0 Å². The molecule has 6 heteroatoms. The fourth-order valence-electron chi connectivity index (χ4n) is 2.15. The maximum absolute atomic E-state index is 12.3. The molecule has 5 nitrogen and oxygen atoms in total. The van der Waals surface area contributed by atoms with Crippen molar-refractivity contribution >= 4 is 23.5 Å². The number of amides is 1. The Kier molecular flexibility index (Phi) is 3.95. The van der Waals surface area contributed by atoms with Crippen LogP contribution in [-0.2, 0) is 9.53 Å². The highest BCUT2D eigenvalue weighted by Crippen LogP contribution is 2.25. The van der Waals surface area contributed by atoms with Crippen LogP contribution in [0.5, 0.6) is 5.75 Å². The number of rotatable bonds is 2. The quantitative estimate of drug-likeness (QED) is 0.839. The van der Waals surface area contributed by atoms with Crippen molar-refractivity contribution in [2.75, 3.05) is 20.2 Å². The summed E-state index contributed by atoms with van der Waals surface area (Å²) in [5.74, 6) is -0.897. The van der Waals surface area contributed by atoms with Gasteiger partial charge in [0.25, 0.3) is 5.91 Å². The molecular weight excluding hydrogens is 270 g/mol. The van der Waals surface area contributed by atoms with E-state index < -0.39 is 0 Å². The van der Waals surface area contributed by atoms with E-state index >= 15 is 0 Å². The van der Waals surface area contributed by atoms with Crippen molar-refractivity contribution in [3.8, 4) is 5.75 Å². The van der Waals surface area contributed by atoms with Crippen molar-refractivity contribution in [3.05, 3.63) is 28.8 Å². The minimum Gasteiger partial charge on any atom is -0.508 e. The summed E-state index contributed by atoms with van der Waals surface area (Å²) >= 11 is 5.95. The minimum atomic E-state index is -0.308. The predicted molar refractivity (Wildman–Crippen MR) is 69.1 cm³/mol. The second-order valence-corrected chi connectivity index (χ2v) is 4.83. The number of hydrogen-bond donors (Lipinski definition) is 1. The first-order valence-electron chi connectivity index (χ1n) is 5.88. The van der Waals surface area contributed by atoms with Gasteiger partial charge in [-0.05, 0) is 24.6 Å². The summed E-state index contributed by atoms with van der Waals surface area (Å²) in [6.45, 7) is 0.794. The number of likely N-dealkylation sites (tertiary alicyclic amines) is 1. The molecule has 0 aliphatic carbocycles. The Morgan fingerprint density at radius 3 is 2.89 bits per heavy atom. The van der Waals surface area contributed by atoms with Crippen LogP contribution in [0, 0.1) is 5.92 Å². The van der Waals surface area contributed by atoms with Crippen LogP contribution in [0.1, 0.15) is 16.8 Å². The van der Waals surface area contributed by atoms with Crippen molar-refractivity contribution in [2.45, 2.75) is 6.42 Å². The van der Waals surface area contributed by atoms with Gasteiger partial charge in [0.05, 0.1) is 23.6 Å². The predicted octanol–water partition coefficient (Wildman–Crippen LogP) is 1.68. The zero-order valence-corrected chi connectivity index (χ0v) is 11.2. The molecule has 1 aliphatic heterocycles. The van der Waals surface area contributed by atoms with Gasteiger partial charge in [-0.1, -0.05) is 11.6 Å². The van der Waals surface area contributed by atoms with Crippen LogP contribution in [-0.4, -0.2) is 42.1 Å². The number of methoxy groups -OCH3 is 1. The second-order valence-electron chi connectivity index (χ2n) is 4.42. The van der Waals surface area contributed by atoms with E-state index in [1.54, 1.807) is 4.90 Å². The average Bonchev–Trinajstić information content (AvgIpc) is 2.89. The number of benzene rings is 1. The molecule has 0 saturated carbocycles. The molecule has 0 bridgehead atoms. The van der Waals surface area contributed by atoms with E-state index in [4.69, 9.17) is 11.6 Å². The number of phenols is 1. The van der Waals surface area contributed by atoms with Gasteiger partial charge in [0.15, 0.2) is 0 Å². The van der Waals surface area contributed by atoms with E-state index in [-0.39, 0.29) is 34.1 Å². The van der Waals surface area contributed by atoms with E-state index in [9.17, 15) is 14.7 Å². The lowest BCUT2D eigenvalue weighted by molar-refractivity contribution is -0.144. The van der Waals surface area contributed by atoms with Gasteiger partial charge in [0.1, 0.15) is 5.75 Å². The smallest absolute Gasteiger partial charge is 0.310 e. The second kappa shape index (κ2) is 5.48. The number of nitrogens with zero attached hydrogens (tertiary/aromatic N) is 1. The number of hydrogen-bond acceptors (Lipinski definition) is 4. The largest absolute Gasteiger partial charge is 0.508 e. The number of phenolic OH excluding ortho intramolecular Hbond substituents is 1. The topological polar surface area (TPSA) is 66.8 Å². The van der Waals surface area contributed by atoms with Gasteiger partial charge in [0.2, 0.25) is 0 Å². The molecule has 1 amide bonds. The van der Waals surface area contributed by atoms with Crippen molar-refractivity contribution < 1.29 is 19.4 Å². The van der Waals surface area contributed by atoms with Gasteiger partial charge < -0.3 is 14.7 Å². The number of carbonyl (C=O) groups excluding carboxylic acids is 2. The number of esters is 1. The van der Waals surface area contributed by atoms with Gasteiger partial charge in [-0.25, -0.2) is 0 Å². The van der Waals surface area contributed by atoms with Crippen LogP contribution in [0.25, 0.3) is 0 Å². The van der Waals surface area contributed by atoms with E-state index in [1.165, 1.54) is 25.3 Å². The highest BCUT2D eigenvalue weighted by Gasteiger charge is 2.32. The Labute approximate surface area is 115 Å². The number of carbonyl (C=O) groups is 2. The van der Waals surface area contributed by atoms with Crippen LogP contribution in [0.3, 0.4) is 0 Å².